The van der Waals surface area contributed by atoms with E-state index in [1.54, 1.807) is 6.20 Å². The van der Waals surface area contributed by atoms with Gasteiger partial charge >= 0.3 is 5.97 Å². The second-order valence-corrected chi connectivity index (χ2v) is 5.00. The molecule has 0 aliphatic rings. The third kappa shape index (κ3) is 3.20. The molecule has 0 spiro atoms. The molecular formula is C16H18N2O2. The lowest BCUT2D eigenvalue weighted by Crippen LogP contribution is -2.03. The van der Waals surface area contributed by atoms with Crippen LogP contribution in [-0.4, -0.2) is 21.0 Å². The molecule has 2 aromatic rings. The molecule has 0 aliphatic carbocycles. The van der Waals surface area contributed by atoms with Crippen LogP contribution in [0.25, 0.3) is 11.3 Å². The van der Waals surface area contributed by atoms with Gasteiger partial charge in [-0.3, -0.25) is 4.79 Å². The van der Waals surface area contributed by atoms with Gasteiger partial charge in [-0.2, -0.15) is 0 Å². The molecule has 4 nitrogen and oxygen atoms in total. The summed E-state index contributed by atoms with van der Waals surface area (Å²) < 4.78 is 0. The number of hydrogen-bond acceptors (Lipinski definition) is 3. The SMILES string of the molecule is Cc1ccc(C)c(-c2nc(C)ncc2CCC(=O)O)c1. The van der Waals surface area contributed by atoms with Crippen LogP contribution in [0.1, 0.15) is 28.9 Å². The number of carboxylic acids is 1. The third-order valence-electron chi connectivity index (χ3n) is 3.24. The summed E-state index contributed by atoms with van der Waals surface area (Å²) in [6, 6.07) is 6.20. The molecule has 0 atom stereocenters. The largest absolute Gasteiger partial charge is 0.481 e. The van der Waals surface area contributed by atoms with Gasteiger partial charge in [0.15, 0.2) is 0 Å². The molecule has 104 valence electrons. The number of rotatable bonds is 4. The zero-order valence-corrected chi connectivity index (χ0v) is 12.0. The number of carboxylic acid groups (broad SMARTS) is 1. The van der Waals surface area contributed by atoms with Gasteiger partial charge in [-0.25, -0.2) is 9.97 Å². The summed E-state index contributed by atoms with van der Waals surface area (Å²) in [5.74, 6) is -0.113. The van der Waals surface area contributed by atoms with Gasteiger partial charge in [0, 0.05) is 18.2 Å². The molecule has 2 rings (SSSR count). The Hall–Kier alpha value is -2.23. The van der Waals surface area contributed by atoms with Crippen LogP contribution < -0.4 is 0 Å². The first-order chi connectivity index (χ1) is 9.47. The van der Waals surface area contributed by atoms with Gasteiger partial charge in [-0.05, 0) is 44.4 Å². The first-order valence-electron chi connectivity index (χ1n) is 6.59. The molecule has 0 saturated carbocycles. The lowest BCUT2D eigenvalue weighted by molar-refractivity contribution is -0.136. The van der Waals surface area contributed by atoms with Crippen LogP contribution in [0.4, 0.5) is 0 Å². The molecule has 1 N–H and O–H groups in total. The van der Waals surface area contributed by atoms with E-state index in [2.05, 4.69) is 28.2 Å². The Morgan fingerprint density at radius 3 is 2.70 bits per heavy atom. The minimum atomic E-state index is -0.808. The molecule has 1 heterocycles. The van der Waals surface area contributed by atoms with Gasteiger partial charge in [0.1, 0.15) is 5.82 Å². The van der Waals surface area contributed by atoms with Gasteiger partial charge in [0.25, 0.3) is 0 Å². The molecule has 0 fully saturated rings. The average Bonchev–Trinajstić information content (AvgIpc) is 2.40. The highest BCUT2D eigenvalue weighted by Gasteiger charge is 2.12. The highest BCUT2D eigenvalue weighted by Crippen LogP contribution is 2.26. The fourth-order valence-electron chi connectivity index (χ4n) is 2.14. The van der Waals surface area contributed by atoms with Crippen molar-refractivity contribution in [2.24, 2.45) is 0 Å². The number of hydrogen-bond donors (Lipinski definition) is 1. The number of nitrogens with zero attached hydrogens (tertiary/aromatic N) is 2. The van der Waals surface area contributed by atoms with E-state index in [4.69, 9.17) is 5.11 Å². The molecule has 0 saturated heterocycles. The van der Waals surface area contributed by atoms with Crippen LogP contribution >= 0.6 is 0 Å². The summed E-state index contributed by atoms with van der Waals surface area (Å²) in [7, 11) is 0. The first kappa shape index (κ1) is 14.2. The number of aryl methyl sites for hydroxylation is 4. The smallest absolute Gasteiger partial charge is 0.303 e. The van der Waals surface area contributed by atoms with E-state index in [9.17, 15) is 4.79 Å². The van der Waals surface area contributed by atoms with Crippen molar-refractivity contribution in [1.82, 2.24) is 9.97 Å². The second kappa shape index (κ2) is 5.82. The highest BCUT2D eigenvalue weighted by molar-refractivity contribution is 5.70. The van der Waals surface area contributed by atoms with Crippen LogP contribution in [0.3, 0.4) is 0 Å². The summed E-state index contributed by atoms with van der Waals surface area (Å²) in [5.41, 5.74) is 5.07. The van der Waals surface area contributed by atoms with E-state index in [1.165, 1.54) is 0 Å². The Bertz CT molecular complexity index is 651. The maximum absolute atomic E-state index is 10.8. The normalized spacial score (nSPS) is 10.6. The van der Waals surface area contributed by atoms with E-state index in [1.807, 2.05) is 20.8 Å². The molecule has 1 aromatic carbocycles. The quantitative estimate of drug-likeness (QED) is 0.927. The predicted octanol–water partition coefficient (Wildman–Crippen LogP) is 3.09. The fraction of sp³-hybridized carbons (Fsp3) is 0.312. The highest BCUT2D eigenvalue weighted by atomic mass is 16.4. The molecule has 0 radical (unpaired) electrons. The van der Waals surface area contributed by atoms with Crippen LogP contribution in [0.2, 0.25) is 0 Å². The van der Waals surface area contributed by atoms with Gasteiger partial charge in [-0.1, -0.05) is 17.7 Å². The number of aromatic nitrogens is 2. The topological polar surface area (TPSA) is 63.1 Å². The van der Waals surface area contributed by atoms with Crippen molar-refractivity contribution in [3.63, 3.8) is 0 Å². The van der Waals surface area contributed by atoms with Crippen LogP contribution in [0, 0.1) is 20.8 Å². The van der Waals surface area contributed by atoms with Crippen molar-refractivity contribution >= 4 is 5.97 Å². The Morgan fingerprint density at radius 2 is 2.00 bits per heavy atom. The number of carbonyl (C=O) groups is 1. The average molecular weight is 270 g/mol. The predicted molar refractivity (Wildman–Crippen MR) is 77.6 cm³/mol. The van der Waals surface area contributed by atoms with E-state index in [0.29, 0.717) is 12.2 Å². The van der Waals surface area contributed by atoms with Gasteiger partial charge in [-0.15, -0.1) is 0 Å². The Labute approximate surface area is 118 Å². The molecule has 20 heavy (non-hydrogen) atoms. The van der Waals surface area contributed by atoms with Gasteiger partial charge < -0.3 is 5.11 Å². The Kier molecular flexibility index (Phi) is 4.13. The molecule has 0 bridgehead atoms. The van der Waals surface area contributed by atoms with E-state index >= 15 is 0 Å². The first-order valence-corrected chi connectivity index (χ1v) is 6.59. The van der Waals surface area contributed by atoms with Crippen molar-refractivity contribution in [3.8, 4) is 11.3 Å². The Morgan fingerprint density at radius 1 is 1.25 bits per heavy atom. The lowest BCUT2D eigenvalue weighted by Gasteiger charge is -2.12. The minimum Gasteiger partial charge on any atom is -0.481 e. The summed E-state index contributed by atoms with van der Waals surface area (Å²) in [5, 5.41) is 8.85. The van der Waals surface area contributed by atoms with Crippen LogP contribution in [-0.2, 0) is 11.2 Å². The summed E-state index contributed by atoms with van der Waals surface area (Å²) in [6.45, 7) is 5.91. The zero-order chi connectivity index (χ0) is 14.7. The molecule has 0 amide bonds. The molecule has 0 aliphatic heterocycles. The van der Waals surface area contributed by atoms with Crippen molar-refractivity contribution in [2.45, 2.75) is 33.6 Å². The number of aliphatic carboxylic acids is 1. The lowest BCUT2D eigenvalue weighted by atomic mass is 9.98. The molecule has 0 unspecified atom stereocenters. The maximum Gasteiger partial charge on any atom is 0.303 e. The molecular weight excluding hydrogens is 252 g/mol. The number of benzene rings is 1. The van der Waals surface area contributed by atoms with E-state index in [0.717, 1.165) is 27.9 Å². The monoisotopic (exact) mass is 270 g/mol. The van der Waals surface area contributed by atoms with Gasteiger partial charge in [0.05, 0.1) is 5.69 Å². The minimum absolute atomic E-state index is 0.0876. The van der Waals surface area contributed by atoms with E-state index < -0.39 is 5.97 Å². The van der Waals surface area contributed by atoms with Crippen molar-refractivity contribution in [1.29, 1.82) is 0 Å². The fourth-order valence-corrected chi connectivity index (χ4v) is 2.14. The molecule has 1 aromatic heterocycles. The zero-order valence-electron chi connectivity index (χ0n) is 12.0. The third-order valence-corrected chi connectivity index (χ3v) is 3.24. The van der Waals surface area contributed by atoms with Crippen molar-refractivity contribution < 1.29 is 9.90 Å². The standard InChI is InChI=1S/C16H18N2O2/c1-10-4-5-11(2)14(8-10)16-13(6-7-15(19)20)9-17-12(3)18-16/h4-5,8-9H,6-7H2,1-3H3,(H,19,20). The van der Waals surface area contributed by atoms with E-state index in [-0.39, 0.29) is 6.42 Å². The van der Waals surface area contributed by atoms with Gasteiger partial charge in [0.2, 0.25) is 0 Å². The summed E-state index contributed by atoms with van der Waals surface area (Å²) in [6.07, 6.45) is 2.27. The summed E-state index contributed by atoms with van der Waals surface area (Å²) >= 11 is 0. The van der Waals surface area contributed by atoms with Crippen LogP contribution in [0.15, 0.2) is 24.4 Å². The van der Waals surface area contributed by atoms with Crippen molar-refractivity contribution in [2.75, 3.05) is 0 Å². The maximum atomic E-state index is 10.8. The molecule has 4 heteroatoms. The van der Waals surface area contributed by atoms with Crippen molar-refractivity contribution in [3.05, 3.63) is 46.9 Å². The van der Waals surface area contributed by atoms with Crippen LogP contribution in [0.5, 0.6) is 0 Å². The summed E-state index contributed by atoms with van der Waals surface area (Å²) in [4.78, 5) is 19.5. The second-order valence-electron chi connectivity index (χ2n) is 5.00. The Balaban J connectivity index is 2.50.